The Balaban J connectivity index is 1.87. The first kappa shape index (κ1) is 18.8. The Hall–Kier alpha value is -2.53. The minimum atomic E-state index is -0.168. The number of amides is 1. The molecule has 25 heavy (non-hydrogen) atoms. The molecule has 0 unspecified atom stereocenters. The molecule has 1 amide bonds. The van der Waals surface area contributed by atoms with Gasteiger partial charge in [-0.2, -0.15) is 0 Å². The summed E-state index contributed by atoms with van der Waals surface area (Å²) in [5.41, 5.74) is 1.29. The molecule has 2 aromatic carbocycles. The third kappa shape index (κ3) is 6.47. The highest BCUT2D eigenvalue weighted by Crippen LogP contribution is 2.18. The summed E-state index contributed by atoms with van der Waals surface area (Å²) in [5, 5.41) is 2.86. The molecular formula is C20H25NO4. The van der Waals surface area contributed by atoms with Crippen molar-refractivity contribution in [3.8, 4) is 11.5 Å². The molecule has 0 radical (unpaired) electrons. The number of rotatable bonds is 9. The highest BCUT2D eigenvalue weighted by molar-refractivity contribution is 6.04. The van der Waals surface area contributed by atoms with Crippen LogP contribution in [0.4, 0.5) is 5.69 Å². The number of benzene rings is 2. The van der Waals surface area contributed by atoms with E-state index < -0.39 is 0 Å². The number of ether oxygens (including phenoxy) is 3. The molecule has 0 heterocycles. The molecule has 0 fully saturated rings. The largest absolute Gasteiger partial charge is 0.491 e. The molecule has 2 aromatic rings. The van der Waals surface area contributed by atoms with Gasteiger partial charge in [-0.1, -0.05) is 0 Å². The van der Waals surface area contributed by atoms with Crippen molar-refractivity contribution in [1.82, 2.24) is 0 Å². The average molecular weight is 343 g/mol. The minimum Gasteiger partial charge on any atom is -0.491 e. The molecule has 5 nitrogen and oxygen atoms in total. The topological polar surface area (TPSA) is 56.8 Å². The lowest BCUT2D eigenvalue weighted by molar-refractivity contribution is 0.102. The quantitative estimate of drug-likeness (QED) is 0.695. The average Bonchev–Trinajstić information content (AvgIpc) is 2.60. The Kier molecular flexibility index (Phi) is 7.29. The zero-order valence-electron chi connectivity index (χ0n) is 15.0. The molecule has 0 aliphatic rings. The maximum atomic E-state index is 12.3. The molecule has 0 aromatic heterocycles. The molecule has 0 atom stereocenters. The predicted molar refractivity (Wildman–Crippen MR) is 98.6 cm³/mol. The summed E-state index contributed by atoms with van der Waals surface area (Å²) in [6.07, 6.45) is 0.120. The Morgan fingerprint density at radius 3 is 2.20 bits per heavy atom. The summed E-state index contributed by atoms with van der Waals surface area (Å²) in [6, 6.07) is 14.3. The van der Waals surface area contributed by atoms with E-state index in [1.165, 1.54) is 0 Å². The van der Waals surface area contributed by atoms with Gasteiger partial charge in [0.25, 0.3) is 5.91 Å². The lowest BCUT2D eigenvalue weighted by Gasteiger charge is -2.11. The second-order valence-electron chi connectivity index (χ2n) is 5.71. The molecule has 0 bridgehead atoms. The highest BCUT2D eigenvalue weighted by Gasteiger charge is 2.07. The van der Waals surface area contributed by atoms with Crippen LogP contribution >= 0.6 is 0 Å². The van der Waals surface area contributed by atoms with Crippen LogP contribution in [-0.4, -0.2) is 31.8 Å². The van der Waals surface area contributed by atoms with Crippen molar-refractivity contribution in [1.29, 1.82) is 0 Å². The maximum absolute atomic E-state index is 12.3. The Bertz CT molecular complexity index is 650. The second kappa shape index (κ2) is 9.69. The van der Waals surface area contributed by atoms with Crippen LogP contribution in [0.2, 0.25) is 0 Å². The number of nitrogens with one attached hydrogen (secondary N) is 1. The van der Waals surface area contributed by atoms with Gasteiger partial charge in [0.1, 0.15) is 18.1 Å². The van der Waals surface area contributed by atoms with Crippen LogP contribution in [-0.2, 0) is 4.74 Å². The Labute approximate surface area is 148 Å². The van der Waals surface area contributed by atoms with E-state index in [0.29, 0.717) is 31.1 Å². The van der Waals surface area contributed by atoms with Gasteiger partial charge in [-0.25, -0.2) is 0 Å². The summed E-state index contributed by atoms with van der Waals surface area (Å²) >= 11 is 0. The van der Waals surface area contributed by atoms with Gasteiger partial charge in [0, 0.05) is 17.9 Å². The Morgan fingerprint density at radius 2 is 1.60 bits per heavy atom. The summed E-state index contributed by atoms with van der Waals surface area (Å²) < 4.78 is 16.3. The Morgan fingerprint density at radius 1 is 0.960 bits per heavy atom. The molecule has 0 saturated heterocycles. The summed E-state index contributed by atoms with van der Waals surface area (Å²) in [7, 11) is 0. The van der Waals surface area contributed by atoms with Crippen LogP contribution < -0.4 is 14.8 Å². The molecule has 0 aliphatic carbocycles. The smallest absolute Gasteiger partial charge is 0.255 e. The number of anilines is 1. The van der Waals surface area contributed by atoms with Gasteiger partial charge < -0.3 is 19.5 Å². The van der Waals surface area contributed by atoms with Gasteiger partial charge in [0.05, 0.1) is 12.7 Å². The van der Waals surface area contributed by atoms with Crippen molar-refractivity contribution >= 4 is 11.6 Å². The van der Waals surface area contributed by atoms with Gasteiger partial charge in [0.15, 0.2) is 0 Å². The first-order valence-corrected chi connectivity index (χ1v) is 8.47. The number of hydrogen-bond donors (Lipinski definition) is 1. The van der Waals surface area contributed by atoms with Gasteiger partial charge in [0.2, 0.25) is 0 Å². The lowest BCUT2D eigenvalue weighted by atomic mass is 10.2. The van der Waals surface area contributed by atoms with E-state index >= 15 is 0 Å². The van der Waals surface area contributed by atoms with Crippen LogP contribution in [0.1, 0.15) is 31.1 Å². The third-order valence-corrected chi connectivity index (χ3v) is 3.30. The SMILES string of the molecule is CCOCCOc1ccc(C(=O)Nc2ccc(OC(C)C)cc2)cc1. The van der Waals surface area contributed by atoms with Crippen LogP contribution in [0.25, 0.3) is 0 Å². The molecular weight excluding hydrogens is 318 g/mol. The predicted octanol–water partition coefficient (Wildman–Crippen LogP) is 4.14. The first-order chi connectivity index (χ1) is 12.1. The molecule has 0 saturated carbocycles. The van der Waals surface area contributed by atoms with Crippen molar-refractivity contribution in [2.45, 2.75) is 26.9 Å². The van der Waals surface area contributed by atoms with E-state index in [9.17, 15) is 4.79 Å². The van der Waals surface area contributed by atoms with E-state index in [1.54, 1.807) is 24.3 Å². The van der Waals surface area contributed by atoms with Crippen LogP contribution in [0, 0.1) is 0 Å². The highest BCUT2D eigenvalue weighted by atomic mass is 16.5. The summed E-state index contributed by atoms with van der Waals surface area (Å²) in [4.78, 5) is 12.3. The molecule has 0 spiro atoms. The van der Waals surface area contributed by atoms with Gasteiger partial charge in [-0.3, -0.25) is 4.79 Å². The lowest BCUT2D eigenvalue weighted by Crippen LogP contribution is -2.12. The standard InChI is InChI=1S/C20H25NO4/c1-4-23-13-14-24-18-9-5-16(6-10-18)20(22)21-17-7-11-19(12-8-17)25-15(2)3/h5-12,15H,4,13-14H2,1-3H3,(H,21,22). The monoisotopic (exact) mass is 343 g/mol. The van der Waals surface area contributed by atoms with E-state index in [1.807, 2.05) is 45.0 Å². The fourth-order valence-corrected chi connectivity index (χ4v) is 2.16. The van der Waals surface area contributed by atoms with Gasteiger partial charge in [-0.15, -0.1) is 0 Å². The molecule has 2 rings (SSSR count). The number of carbonyl (C=O) groups excluding carboxylic acids is 1. The van der Waals surface area contributed by atoms with Crippen molar-refractivity contribution in [2.24, 2.45) is 0 Å². The zero-order valence-corrected chi connectivity index (χ0v) is 15.0. The van der Waals surface area contributed by atoms with Crippen molar-refractivity contribution in [2.75, 3.05) is 25.1 Å². The molecule has 0 aliphatic heterocycles. The van der Waals surface area contributed by atoms with Crippen LogP contribution in [0.3, 0.4) is 0 Å². The number of hydrogen-bond acceptors (Lipinski definition) is 4. The van der Waals surface area contributed by atoms with Crippen molar-refractivity contribution in [3.63, 3.8) is 0 Å². The van der Waals surface area contributed by atoms with E-state index in [4.69, 9.17) is 14.2 Å². The fraction of sp³-hybridized carbons (Fsp3) is 0.350. The zero-order chi connectivity index (χ0) is 18.1. The summed E-state index contributed by atoms with van der Waals surface area (Å²) in [5.74, 6) is 1.33. The number of carbonyl (C=O) groups is 1. The van der Waals surface area contributed by atoms with E-state index in [-0.39, 0.29) is 12.0 Å². The maximum Gasteiger partial charge on any atom is 0.255 e. The molecule has 5 heteroatoms. The third-order valence-electron chi connectivity index (χ3n) is 3.30. The van der Waals surface area contributed by atoms with Crippen molar-refractivity contribution in [3.05, 3.63) is 54.1 Å². The first-order valence-electron chi connectivity index (χ1n) is 8.47. The molecule has 134 valence electrons. The van der Waals surface area contributed by atoms with Crippen LogP contribution in [0.15, 0.2) is 48.5 Å². The van der Waals surface area contributed by atoms with Crippen molar-refractivity contribution < 1.29 is 19.0 Å². The van der Waals surface area contributed by atoms with E-state index in [0.717, 1.165) is 11.4 Å². The van der Waals surface area contributed by atoms with Gasteiger partial charge in [-0.05, 0) is 69.3 Å². The molecule has 1 N–H and O–H groups in total. The fourth-order valence-electron chi connectivity index (χ4n) is 2.16. The minimum absolute atomic E-state index is 0.120. The van der Waals surface area contributed by atoms with E-state index in [2.05, 4.69) is 5.32 Å². The van der Waals surface area contributed by atoms with Gasteiger partial charge >= 0.3 is 0 Å². The second-order valence-corrected chi connectivity index (χ2v) is 5.71. The summed E-state index contributed by atoms with van der Waals surface area (Å²) in [6.45, 7) is 7.60. The normalized spacial score (nSPS) is 10.6. The van der Waals surface area contributed by atoms with Crippen LogP contribution in [0.5, 0.6) is 11.5 Å².